The number of quaternary nitrogens is 1. The third-order valence-corrected chi connectivity index (χ3v) is 4.25. The molecular weight excluding hydrogens is 314 g/mol. The molecule has 1 atom stereocenters. The molecule has 5 heteroatoms. The Bertz CT molecular complexity index is 904. The first-order chi connectivity index (χ1) is 11.0. The second-order valence-electron chi connectivity index (χ2n) is 5.52. The summed E-state index contributed by atoms with van der Waals surface area (Å²) in [6, 6.07) is 14.2. The van der Waals surface area contributed by atoms with Crippen molar-refractivity contribution < 1.29 is 14.8 Å². The van der Waals surface area contributed by atoms with Crippen molar-refractivity contribution in [1.29, 1.82) is 0 Å². The van der Waals surface area contributed by atoms with E-state index in [1.165, 1.54) is 12.1 Å². The van der Waals surface area contributed by atoms with E-state index >= 15 is 0 Å². The largest absolute Gasteiger partial charge is 0.508 e. The number of phenols is 1. The van der Waals surface area contributed by atoms with Gasteiger partial charge in [0.25, 0.3) is 0 Å². The SMILES string of the molecule is C[C@H]([NH2+]Cc1cc(=O)oc2cc(O)ccc12)c1ccccc1Cl. The van der Waals surface area contributed by atoms with Gasteiger partial charge >= 0.3 is 5.63 Å². The summed E-state index contributed by atoms with van der Waals surface area (Å²) in [6.07, 6.45) is 0. The molecule has 2 aromatic carbocycles. The summed E-state index contributed by atoms with van der Waals surface area (Å²) >= 11 is 6.23. The number of rotatable bonds is 4. The van der Waals surface area contributed by atoms with Gasteiger partial charge in [0.15, 0.2) is 0 Å². The molecule has 3 rings (SSSR count). The predicted octanol–water partition coefficient (Wildman–Crippen LogP) is 2.98. The molecule has 0 unspecified atom stereocenters. The van der Waals surface area contributed by atoms with E-state index in [2.05, 4.69) is 12.2 Å². The Balaban J connectivity index is 1.87. The maximum Gasteiger partial charge on any atom is 0.336 e. The fourth-order valence-corrected chi connectivity index (χ4v) is 2.97. The lowest BCUT2D eigenvalue weighted by Crippen LogP contribution is -2.83. The van der Waals surface area contributed by atoms with Gasteiger partial charge in [0, 0.05) is 33.7 Å². The molecule has 0 saturated heterocycles. The number of hydrogen-bond donors (Lipinski definition) is 2. The minimum absolute atomic E-state index is 0.0752. The van der Waals surface area contributed by atoms with E-state index in [4.69, 9.17) is 16.0 Å². The standard InChI is InChI=1S/C18H16ClNO3/c1-11(14-4-2-3-5-16(14)19)20-10-12-8-18(22)23-17-9-13(21)6-7-15(12)17/h2-9,11,20-21H,10H2,1H3/p+1/t11-/m0/s1. The monoisotopic (exact) mass is 330 g/mol. The van der Waals surface area contributed by atoms with E-state index in [-0.39, 0.29) is 11.8 Å². The van der Waals surface area contributed by atoms with Crippen LogP contribution in [-0.2, 0) is 6.54 Å². The van der Waals surface area contributed by atoms with E-state index in [0.29, 0.717) is 12.1 Å². The van der Waals surface area contributed by atoms with Gasteiger partial charge in [-0.1, -0.05) is 29.8 Å². The lowest BCUT2D eigenvalue weighted by Gasteiger charge is -2.13. The molecule has 3 N–H and O–H groups in total. The number of benzene rings is 2. The second-order valence-corrected chi connectivity index (χ2v) is 5.93. The van der Waals surface area contributed by atoms with Crippen LogP contribution in [0.3, 0.4) is 0 Å². The summed E-state index contributed by atoms with van der Waals surface area (Å²) in [5.41, 5.74) is 1.90. The minimum Gasteiger partial charge on any atom is -0.508 e. The first kappa shape index (κ1) is 15.6. The molecule has 1 aromatic heterocycles. The zero-order chi connectivity index (χ0) is 16.4. The Hall–Kier alpha value is -2.30. The number of aromatic hydroxyl groups is 1. The summed E-state index contributed by atoms with van der Waals surface area (Å²) < 4.78 is 5.14. The normalized spacial score (nSPS) is 12.4. The highest BCUT2D eigenvalue weighted by Crippen LogP contribution is 2.22. The van der Waals surface area contributed by atoms with Gasteiger partial charge in [-0.15, -0.1) is 0 Å². The molecule has 0 aliphatic carbocycles. The van der Waals surface area contributed by atoms with E-state index in [1.807, 2.05) is 24.3 Å². The number of phenolic OH excluding ortho intramolecular Hbond substituents is 1. The number of hydrogen-bond acceptors (Lipinski definition) is 3. The highest BCUT2D eigenvalue weighted by atomic mass is 35.5. The molecule has 23 heavy (non-hydrogen) atoms. The number of nitrogens with two attached hydrogens (primary N) is 1. The van der Waals surface area contributed by atoms with Crippen LogP contribution in [0.2, 0.25) is 5.02 Å². The lowest BCUT2D eigenvalue weighted by atomic mass is 10.1. The smallest absolute Gasteiger partial charge is 0.336 e. The van der Waals surface area contributed by atoms with Crippen molar-refractivity contribution in [3.8, 4) is 5.75 Å². The Morgan fingerprint density at radius 3 is 2.78 bits per heavy atom. The van der Waals surface area contributed by atoms with Crippen molar-refractivity contribution >= 4 is 22.6 Å². The molecule has 3 aromatic rings. The maximum absolute atomic E-state index is 11.7. The molecule has 0 radical (unpaired) electrons. The van der Waals surface area contributed by atoms with Crippen molar-refractivity contribution in [2.45, 2.75) is 19.5 Å². The molecule has 0 spiro atoms. The van der Waals surface area contributed by atoms with Gasteiger partial charge in [0.05, 0.1) is 0 Å². The Morgan fingerprint density at radius 1 is 1.22 bits per heavy atom. The predicted molar refractivity (Wildman–Crippen MR) is 89.6 cm³/mol. The van der Waals surface area contributed by atoms with Crippen LogP contribution in [0.4, 0.5) is 0 Å². The van der Waals surface area contributed by atoms with Crippen LogP contribution in [0.5, 0.6) is 5.75 Å². The molecule has 1 heterocycles. The van der Waals surface area contributed by atoms with Gasteiger partial charge in [0.1, 0.15) is 23.9 Å². The van der Waals surface area contributed by atoms with Crippen LogP contribution in [0, 0.1) is 0 Å². The second kappa shape index (κ2) is 6.44. The number of halogens is 1. The van der Waals surface area contributed by atoms with E-state index in [1.54, 1.807) is 12.1 Å². The molecule has 0 aliphatic heterocycles. The topological polar surface area (TPSA) is 67.0 Å². The summed E-state index contributed by atoms with van der Waals surface area (Å²) in [5, 5.41) is 13.2. The summed E-state index contributed by atoms with van der Waals surface area (Å²) in [6.45, 7) is 2.68. The average molecular weight is 331 g/mol. The van der Waals surface area contributed by atoms with Crippen molar-refractivity contribution in [2.24, 2.45) is 0 Å². The maximum atomic E-state index is 11.7. The quantitative estimate of drug-likeness (QED) is 0.723. The van der Waals surface area contributed by atoms with Crippen LogP contribution in [-0.4, -0.2) is 5.11 Å². The molecular formula is C18H17ClNO3+. The molecule has 4 nitrogen and oxygen atoms in total. The summed E-state index contributed by atoms with van der Waals surface area (Å²) in [5.74, 6) is 0.0752. The molecule has 0 amide bonds. The zero-order valence-electron chi connectivity index (χ0n) is 12.6. The van der Waals surface area contributed by atoms with Gasteiger partial charge in [-0.3, -0.25) is 0 Å². The van der Waals surface area contributed by atoms with Crippen LogP contribution >= 0.6 is 11.6 Å². The first-order valence-corrected chi connectivity index (χ1v) is 7.76. The minimum atomic E-state index is -0.420. The van der Waals surface area contributed by atoms with Crippen molar-refractivity contribution in [2.75, 3.05) is 0 Å². The van der Waals surface area contributed by atoms with Gasteiger partial charge in [-0.05, 0) is 25.1 Å². The van der Waals surface area contributed by atoms with Crippen molar-refractivity contribution in [3.05, 3.63) is 75.1 Å². The Labute approximate surface area is 138 Å². The van der Waals surface area contributed by atoms with E-state index in [0.717, 1.165) is 21.5 Å². The molecule has 0 saturated carbocycles. The fourth-order valence-electron chi connectivity index (χ4n) is 2.66. The third-order valence-electron chi connectivity index (χ3n) is 3.90. The van der Waals surface area contributed by atoms with Gasteiger partial charge < -0.3 is 14.8 Å². The van der Waals surface area contributed by atoms with Crippen LogP contribution in [0.1, 0.15) is 24.1 Å². The van der Waals surface area contributed by atoms with Gasteiger partial charge in [0.2, 0.25) is 0 Å². The summed E-state index contributed by atoms with van der Waals surface area (Å²) in [7, 11) is 0. The Kier molecular flexibility index (Phi) is 4.37. The molecule has 0 bridgehead atoms. The van der Waals surface area contributed by atoms with Crippen LogP contribution in [0.15, 0.2) is 57.7 Å². The number of fused-ring (bicyclic) bond motifs is 1. The Morgan fingerprint density at radius 2 is 2.00 bits per heavy atom. The molecule has 0 fully saturated rings. The average Bonchev–Trinajstić information content (AvgIpc) is 2.52. The highest BCUT2D eigenvalue weighted by Gasteiger charge is 2.14. The van der Waals surface area contributed by atoms with Crippen LogP contribution < -0.4 is 10.9 Å². The highest BCUT2D eigenvalue weighted by molar-refractivity contribution is 6.31. The lowest BCUT2D eigenvalue weighted by molar-refractivity contribution is -0.707. The van der Waals surface area contributed by atoms with Gasteiger partial charge in [-0.2, -0.15) is 0 Å². The van der Waals surface area contributed by atoms with E-state index < -0.39 is 5.63 Å². The summed E-state index contributed by atoms with van der Waals surface area (Å²) in [4.78, 5) is 11.7. The van der Waals surface area contributed by atoms with Crippen molar-refractivity contribution in [1.82, 2.24) is 0 Å². The van der Waals surface area contributed by atoms with Crippen LogP contribution in [0.25, 0.3) is 11.0 Å². The van der Waals surface area contributed by atoms with Gasteiger partial charge in [-0.25, -0.2) is 4.79 Å². The van der Waals surface area contributed by atoms with E-state index in [9.17, 15) is 9.90 Å². The fraction of sp³-hybridized carbons (Fsp3) is 0.167. The molecule has 118 valence electrons. The molecule has 0 aliphatic rings. The first-order valence-electron chi connectivity index (χ1n) is 7.38. The third kappa shape index (κ3) is 3.38. The van der Waals surface area contributed by atoms with Crippen molar-refractivity contribution in [3.63, 3.8) is 0 Å². The zero-order valence-corrected chi connectivity index (χ0v) is 13.4.